The number of rotatable bonds is 2. The molecule has 0 aromatic heterocycles. The van der Waals surface area contributed by atoms with Crippen LogP contribution in [-0.2, 0) is 21.4 Å². The van der Waals surface area contributed by atoms with E-state index in [0.717, 1.165) is 37.7 Å². The van der Waals surface area contributed by atoms with E-state index < -0.39 is 0 Å². The Morgan fingerprint density at radius 3 is 2.70 bits per heavy atom. The van der Waals surface area contributed by atoms with Crippen LogP contribution in [0.15, 0.2) is 24.8 Å². The molecule has 23 heavy (non-hydrogen) atoms. The van der Waals surface area contributed by atoms with Gasteiger partial charge in [0.25, 0.3) is 0 Å². The number of hydrogen-bond acceptors (Lipinski definition) is 2. The Hall–Kier alpha value is -1.57. The summed E-state index contributed by atoms with van der Waals surface area (Å²) in [6.07, 6.45) is 5.29. The van der Waals surface area contributed by atoms with Gasteiger partial charge < -0.3 is 4.74 Å². The minimum Gasteiger partial charge on any atom is -0.469 e. The van der Waals surface area contributed by atoms with E-state index in [-0.39, 0.29) is 16.8 Å². The first kappa shape index (κ1) is 16.3. The van der Waals surface area contributed by atoms with E-state index in [1.54, 1.807) is 0 Å². The zero-order valence-corrected chi connectivity index (χ0v) is 14.9. The van der Waals surface area contributed by atoms with Crippen molar-refractivity contribution in [3.05, 3.63) is 41.5 Å². The van der Waals surface area contributed by atoms with Gasteiger partial charge in [-0.05, 0) is 67.6 Å². The highest BCUT2D eigenvalue weighted by Gasteiger charge is 2.55. The van der Waals surface area contributed by atoms with E-state index >= 15 is 0 Å². The molecule has 0 spiro atoms. The third-order valence-corrected chi connectivity index (χ3v) is 6.50. The van der Waals surface area contributed by atoms with Crippen molar-refractivity contribution in [2.75, 3.05) is 7.11 Å². The number of ether oxygens (including phenoxy) is 1. The summed E-state index contributed by atoms with van der Waals surface area (Å²) in [5.74, 6) is 0.329. The van der Waals surface area contributed by atoms with Gasteiger partial charge in [0.05, 0.1) is 12.5 Å². The molecule has 2 aliphatic carbocycles. The van der Waals surface area contributed by atoms with Crippen LogP contribution in [0.2, 0.25) is 0 Å². The molecule has 1 saturated carbocycles. The summed E-state index contributed by atoms with van der Waals surface area (Å²) in [4.78, 5) is 12.5. The minimum absolute atomic E-state index is 0.0320. The largest absolute Gasteiger partial charge is 0.469 e. The Labute approximate surface area is 139 Å². The lowest BCUT2D eigenvalue weighted by atomic mass is 9.50. The Bertz CT molecular complexity index is 660. The highest BCUT2D eigenvalue weighted by molar-refractivity contribution is 5.77. The highest BCUT2D eigenvalue weighted by Crippen LogP contribution is 2.57. The normalized spacial score (nSPS) is 32.6. The molecule has 0 N–H and O–H groups in total. The first-order valence-corrected chi connectivity index (χ1v) is 8.70. The van der Waals surface area contributed by atoms with Gasteiger partial charge in [-0.15, -0.1) is 0 Å². The van der Waals surface area contributed by atoms with E-state index in [4.69, 9.17) is 4.74 Å². The topological polar surface area (TPSA) is 26.3 Å². The van der Waals surface area contributed by atoms with Gasteiger partial charge in [-0.25, -0.2) is 0 Å². The van der Waals surface area contributed by atoms with Crippen LogP contribution < -0.4 is 0 Å². The van der Waals surface area contributed by atoms with Gasteiger partial charge in [0.1, 0.15) is 0 Å². The number of fused-ring (bicyclic) bond motifs is 3. The van der Waals surface area contributed by atoms with Crippen molar-refractivity contribution in [1.82, 2.24) is 0 Å². The molecule has 1 fully saturated rings. The van der Waals surface area contributed by atoms with E-state index in [1.807, 2.05) is 0 Å². The van der Waals surface area contributed by atoms with Crippen molar-refractivity contribution < 1.29 is 9.53 Å². The summed E-state index contributed by atoms with van der Waals surface area (Å²) >= 11 is 0. The fourth-order valence-electron chi connectivity index (χ4n) is 5.23. The first-order valence-electron chi connectivity index (χ1n) is 8.70. The van der Waals surface area contributed by atoms with Crippen LogP contribution in [0.3, 0.4) is 0 Å². The number of carbonyl (C=O) groups is 1. The molecule has 0 aliphatic heterocycles. The molecule has 0 unspecified atom stereocenters. The van der Waals surface area contributed by atoms with Crippen LogP contribution in [0, 0.1) is 11.3 Å². The predicted molar refractivity (Wildman–Crippen MR) is 94.3 cm³/mol. The number of benzene rings is 1. The molecule has 2 aliphatic rings. The van der Waals surface area contributed by atoms with Gasteiger partial charge in [0, 0.05) is 0 Å². The highest BCUT2D eigenvalue weighted by atomic mass is 16.5. The van der Waals surface area contributed by atoms with Crippen molar-refractivity contribution >= 4 is 11.5 Å². The molecule has 3 rings (SSSR count). The van der Waals surface area contributed by atoms with Crippen LogP contribution in [0.4, 0.5) is 0 Å². The summed E-state index contributed by atoms with van der Waals surface area (Å²) in [7, 11) is 1.52. The lowest BCUT2D eigenvalue weighted by molar-refractivity contribution is -0.161. The smallest absolute Gasteiger partial charge is 0.311 e. The van der Waals surface area contributed by atoms with Gasteiger partial charge in [-0.3, -0.25) is 4.79 Å². The standard InChI is InChI=1S/C21H28O2/c1-14(2)15-7-9-17-16(13-15)8-10-18-20(17,3)11-6-12-21(18,4)19(22)23-5/h7,9,13,18H,1,6,8,10-12H2,2-5H3/t18-,20-,21-/m1/s1. The average molecular weight is 312 g/mol. The van der Waals surface area contributed by atoms with E-state index in [1.165, 1.54) is 23.8 Å². The van der Waals surface area contributed by atoms with Gasteiger partial charge in [0.2, 0.25) is 0 Å². The second kappa shape index (κ2) is 5.51. The first-order chi connectivity index (χ1) is 10.8. The van der Waals surface area contributed by atoms with E-state index in [0.29, 0.717) is 5.92 Å². The molecule has 0 saturated heterocycles. The number of carbonyl (C=O) groups excluding carboxylic acids is 1. The molecule has 0 bridgehead atoms. The summed E-state index contributed by atoms with van der Waals surface area (Å²) in [6, 6.07) is 6.79. The lowest BCUT2D eigenvalue weighted by Crippen LogP contribution is -2.52. The summed E-state index contributed by atoms with van der Waals surface area (Å²) in [5, 5.41) is 0. The zero-order valence-electron chi connectivity index (χ0n) is 14.9. The van der Waals surface area contributed by atoms with Crippen molar-refractivity contribution in [3.63, 3.8) is 0 Å². The van der Waals surface area contributed by atoms with Crippen molar-refractivity contribution in [2.45, 2.75) is 58.3 Å². The van der Waals surface area contributed by atoms with Gasteiger partial charge in [0.15, 0.2) is 0 Å². The number of aryl methyl sites for hydroxylation is 1. The molecule has 0 amide bonds. The fraction of sp³-hybridized carbons (Fsp3) is 0.571. The SMILES string of the molecule is C=C(C)c1ccc2c(c1)CC[C@H]1[C@](C)(C(=O)OC)CCC[C@]21C. The van der Waals surface area contributed by atoms with Crippen molar-refractivity contribution in [1.29, 1.82) is 0 Å². The van der Waals surface area contributed by atoms with Crippen molar-refractivity contribution in [2.24, 2.45) is 11.3 Å². The van der Waals surface area contributed by atoms with E-state index in [9.17, 15) is 4.79 Å². The van der Waals surface area contributed by atoms with Crippen molar-refractivity contribution in [3.8, 4) is 0 Å². The number of hydrogen-bond donors (Lipinski definition) is 0. The summed E-state index contributed by atoms with van der Waals surface area (Å²) in [5.41, 5.74) is 4.95. The van der Waals surface area contributed by atoms with E-state index in [2.05, 4.69) is 45.5 Å². The maximum atomic E-state index is 12.5. The number of esters is 1. The second-order valence-electron chi connectivity index (χ2n) is 7.92. The summed E-state index contributed by atoms with van der Waals surface area (Å²) < 4.78 is 5.17. The molecule has 2 heteroatoms. The Morgan fingerprint density at radius 1 is 1.30 bits per heavy atom. The van der Waals surface area contributed by atoms with Gasteiger partial charge in [-0.2, -0.15) is 0 Å². The maximum absolute atomic E-state index is 12.5. The molecule has 1 aromatic rings. The zero-order chi connectivity index (χ0) is 16.8. The number of allylic oxidation sites excluding steroid dienone is 1. The van der Waals surface area contributed by atoms with Gasteiger partial charge >= 0.3 is 5.97 Å². The molecule has 3 atom stereocenters. The molecule has 0 heterocycles. The fourth-order valence-corrected chi connectivity index (χ4v) is 5.23. The predicted octanol–water partition coefficient (Wildman–Crippen LogP) is 4.90. The molecule has 1 aromatic carbocycles. The number of methoxy groups -OCH3 is 1. The Balaban J connectivity index is 2.07. The van der Waals surface area contributed by atoms with Crippen LogP contribution in [0.25, 0.3) is 5.57 Å². The Kier molecular flexibility index (Phi) is 3.90. The Morgan fingerprint density at radius 2 is 2.04 bits per heavy atom. The quantitative estimate of drug-likeness (QED) is 0.726. The maximum Gasteiger partial charge on any atom is 0.311 e. The summed E-state index contributed by atoms with van der Waals surface area (Å²) in [6.45, 7) is 10.6. The third kappa shape index (κ3) is 2.34. The molecule has 124 valence electrons. The molecular weight excluding hydrogens is 284 g/mol. The lowest BCUT2D eigenvalue weighted by Gasteiger charge is -2.54. The molecule has 0 radical (unpaired) electrons. The average Bonchev–Trinajstić information content (AvgIpc) is 2.53. The molecule has 2 nitrogen and oxygen atoms in total. The van der Waals surface area contributed by atoms with Crippen LogP contribution in [0.1, 0.15) is 63.1 Å². The van der Waals surface area contributed by atoms with Crippen LogP contribution >= 0.6 is 0 Å². The third-order valence-electron chi connectivity index (χ3n) is 6.50. The van der Waals surface area contributed by atoms with Crippen LogP contribution in [-0.4, -0.2) is 13.1 Å². The van der Waals surface area contributed by atoms with Gasteiger partial charge in [-0.1, -0.05) is 43.7 Å². The van der Waals surface area contributed by atoms with Crippen LogP contribution in [0.5, 0.6) is 0 Å². The second-order valence-corrected chi connectivity index (χ2v) is 7.92. The monoisotopic (exact) mass is 312 g/mol. The molecular formula is C21H28O2. The minimum atomic E-state index is -0.355.